The maximum Gasteiger partial charge on any atom is 0.416 e. The summed E-state index contributed by atoms with van der Waals surface area (Å²) >= 11 is 0. The number of aromatic amines is 1. The van der Waals surface area contributed by atoms with Gasteiger partial charge in [0, 0.05) is 29.9 Å². The van der Waals surface area contributed by atoms with Crippen LogP contribution in [0.15, 0.2) is 57.9 Å². The summed E-state index contributed by atoms with van der Waals surface area (Å²) in [7, 11) is 0. The highest BCUT2D eigenvalue weighted by molar-refractivity contribution is 5.93. The second-order valence-electron chi connectivity index (χ2n) is 7.97. The Morgan fingerprint density at radius 1 is 1.08 bits per heavy atom. The molecule has 0 saturated heterocycles. The summed E-state index contributed by atoms with van der Waals surface area (Å²) in [4.78, 5) is 26.9. The molecule has 0 atom stereocenters. The van der Waals surface area contributed by atoms with Gasteiger partial charge >= 0.3 is 6.18 Å². The van der Waals surface area contributed by atoms with Crippen molar-refractivity contribution in [3.8, 4) is 28.3 Å². The van der Waals surface area contributed by atoms with Crippen molar-refractivity contribution < 1.29 is 31.5 Å². The van der Waals surface area contributed by atoms with E-state index in [1.165, 1.54) is 37.4 Å². The largest absolute Gasteiger partial charge is 0.488 e. The van der Waals surface area contributed by atoms with Crippen LogP contribution in [0.5, 0.6) is 5.75 Å². The molecule has 8 nitrogen and oxygen atoms in total. The Morgan fingerprint density at radius 3 is 2.51 bits per heavy atom. The predicted molar refractivity (Wildman–Crippen MR) is 125 cm³/mol. The molecule has 2 aromatic heterocycles. The van der Waals surface area contributed by atoms with Crippen LogP contribution in [0.25, 0.3) is 22.6 Å². The van der Waals surface area contributed by atoms with Gasteiger partial charge in [-0.2, -0.15) is 13.2 Å². The molecule has 2 N–H and O–H groups in total. The van der Waals surface area contributed by atoms with E-state index in [0.717, 1.165) is 12.1 Å². The average molecular weight is 516 g/mol. The molecule has 4 aromatic rings. The lowest BCUT2D eigenvalue weighted by molar-refractivity contribution is -0.137. The van der Waals surface area contributed by atoms with E-state index < -0.39 is 35.4 Å². The number of nitrogens with zero attached hydrogens (tertiary/aromatic N) is 2. The Labute approximate surface area is 207 Å². The fraction of sp³-hybridized carbons (Fsp3) is 0.200. The molecule has 0 saturated carbocycles. The third-order valence-corrected chi connectivity index (χ3v) is 5.22. The number of benzene rings is 2. The Kier molecular flexibility index (Phi) is 7.09. The summed E-state index contributed by atoms with van der Waals surface area (Å²) in [6.07, 6.45) is -3.73. The molecule has 12 heteroatoms. The summed E-state index contributed by atoms with van der Waals surface area (Å²) in [5.41, 5.74) is -0.712. The van der Waals surface area contributed by atoms with Crippen LogP contribution in [0, 0.1) is 12.7 Å². The van der Waals surface area contributed by atoms with Crippen LogP contribution in [0.3, 0.4) is 0 Å². The molecule has 0 bridgehead atoms. The first-order valence-electron chi connectivity index (χ1n) is 11.0. The van der Waals surface area contributed by atoms with Crippen molar-refractivity contribution in [1.29, 1.82) is 0 Å². The highest BCUT2D eigenvalue weighted by Gasteiger charge is 2.32. The molecule has 0 spiro atoms. The lowest BCUT2D eigenvalue weighted by atomic mass is 10.0. The fourth-order valence-corrected chi connectivity index (χ4v) is 3.54. The van der Waals surface area contributed by atoms with E-state index >= 15 is 0 Å². The highest BCUT2D eigenvalue weighted by atomic mass is 19.4. The van der Waals surface area contributed by atoms with E-state index in [-0.39, 0.29) is 41.0 Å². The van der Waals surface area contributed by atoms with Gasteiger partial charge in [0.1, 0.15) is 5.82 Å². The lowest BCUT2D eigenvalue weighted by Crippen LogP contribution is -2.16. The van der Waals surface area contributed by atoms with E-state index in [9.17, 15) is 27.2 Å². The molecule has 0 fully saturated rings. The standard InChI is InChI=1S/C25H20F4N4O4/c1-3-36-21-9-17(12-30-23(21)35)14-4-5-15(20(26)8-14)10-22(34)31-19-7-16(24-33-32-13(2)37-24)6-18(11-19)25(27,28)29/h4-9,11-12H,3,10H2,1-2H3,(H,30,35)(H,31,34). The number of carbonyl (C=O) groups is 1. The molecule has 0 aliphatic heterocycles. The number of carbonyl (C=O) groups excluding carboxylic acids is 1. The van der Waals surface area contributed by atoms with Gasteiger partial charge < -0.3 is 19.5 Å². The number of halogens is 4. The number of hydrogen-bond donors (Lipinski definition) is 2. The Bertz CT molecular complexity index is 1510. The van der Waals surface area contributed by atoms with E-state index in [1.807, 2.05) is 0 Å². The fourth-order valence-electron chi connectivity index (χ4n) is 3.54. The van der Waals surface area contributed by atoms with Gasteiger partial charge in [0.05, 0.1) is 18.6 Å². The van der Waals surface area contributed by atoms with Gasteiger partial charge in [-0.15, -0.1) is 10.2 Å². The van der Waals surface area contributed by atoms with Crippen LogP contribution in [0.4, 0.5) is 23.2 Å². The minimum atomic E-state index is -4.70. The zero-order chi connectivity index (χ0) is 26.7. The Balaban J connectivity index is 1.55. The first-order chi connectivity index (χ1) is 17.5. The monoisotopic (exact) mass is 516 g/mol. The number of aryl methyl sites for hydroxylation is 1. The summed E-state index contributed by atoms with van der Waals surface area (Å²) in [5, 5.41) is 9.69. The first-order valence-corrected chi connectivity index (χ1v) is 11.0. The SMILES string of the molecule is CCOc1cc(-c2ccc(CC(=O)Nc3cc(-c4nnc(C)o4)cc(C(F)(F)F)c3)c(F)c2)c[nH]c1=O. The van der Waals surface area contributed by atoms with Gasteiger partial charge in [0.25, 0.3) is 5.56 Å². The van der Waals surface area contributed by atoms with E-state index in [4.69, 9.17) is 9.15 Å². The van der Waals surface area contributed by atoms with Crippen LogP contribution < -0.4 is 15.6 Å². The summed E-state index contributed by atoms with van der Waals surface area (Å²) in [6, 6.07) is 8.44. The molecule has 2 heterocycles. The number of aromatic nitrogens is 3. The molecular formula is C25H20F4N4O4. The summed E-state index contributed by atoms with van der Waals surface area (Å²) in [6.45, 7) is 3.48. The molecule has 0 unspecified atom stereocenters. The Morgan fingerprint density at radius 2 is 1.86 bits per heavy atom. The zero-order valence-corrected chi connectivity index (χ0v) is 19.6. The van der Waals surface area contributed by atoms with Crippen molar-refractivity contribution >= 4 is 11.6 Å². The van der Waals surface area contributed by atoms with Crippen LogP contribution >= 0.6 is 0 Å². The highest BCUT2D eigenvalue weighted by Crippen LogP contribution is 2.35. The zero-order valence-electron chi connectivity index (χ0n) is 19.6. The van der Waals surface area contributed by atoms with Crippen molar-refractivity contribution in [3.05, 3.63) is 81.9 Å². The molecule has 37 heavy (non-hydrogen) atoms. The molecule has 1 amide bonds. The van der Waals surface area contributed by atoms with Crippen LogP contribution in [-0.2, 0) is 17.4 Å². The summed E-state index contributed by atoms with van der Waals surface area (Å²) < 4.78 is 65.5. The molecule has 0 aliphatic rings. The number of ether oxygens (including phenoxy) is 1. The third-order valence-electron chi connectivity index (χ3n) is 5.22. The number of amides is 1. The number of anilines is 1. The van der Waals surface area contributed by atoms with E-state index in [0.29, 0.717) is 11.1 Å². The average Bonchev–Trinajstić information content (AvgIpc) is 3.27. The quantitative estimate of drug-likeness (QED) is 0.329. The first kappa shape index (κ1) is 25.6. The van der Waals surface area contributed by atoms with Gasteiger partial charge in [0.15, 0.2) is 5.75 Å². The van der Waals surface area contributed by atoms with E-state index in [1.54, 1.807) is 13.0 Å². The molecule has 192 valence electrons. The van der Waals surface area contributed by atoms with Gasteiger partial charge in [-0.25, -0.2) is 4.39 Å². The molecular weight excluding hydrogens is 496 g/mol. The maximum absolute atomic E-state index is 14.8. The minimum Gasteiger partial charge on any atom is -0.488 e. The van der Waals surface area contributed by atoms with Crippen molar-refractivity contribution in [2.45, 2.75) is 26.4 Å². The minimum absolute atomic E-state index is 0.0235. The molecule has 4 rings (SSSR count). The molecule has 0 aliphatic carbocycles. The van der Waals surface area contributed by atoms with Crippen molar-refractivity contribution in [2.75, 3.05) is 11.9 Å². The predicted octanol–water partition coefficient (Wildman–Crippen LogP) is 5.14. The van der Waals surface area contributed by atoms with Crippen LogP contribution in [-0.4, -0.2) is 27.7 Å². The number of H-pyrrole nitrogens is 1. The number of alkyl halides is 3. The second kappa shape index (κ2) is 10.2. The van der Waals surface area contributed by atoms with E-state index in [2.05, 4.69) is 20.5 Å². The number of nitrogens with one attached hydrogen (secondary N) is 2. The molecule has 0 radical (unpaired) electrons. The second-order valence-corrected chi connectivity index (χ2v) is 7.97. The maximum atomic E-state index is 14.8. The summed E-state index contributed by atoms with van der Waals surface area (Å²) in [5.74, 6) is -1.34. The van der Waals surface area contributed by atoms with Crippen LogP contribution in [0.2, 0.25) is 0 Å². The van der Waals surface area contributed by atoms with Crippen molar-refractivity contribution in [3.63, 3.8) is 0 Å². The van der Waals surface area contributed by atoms with Crippen molar-refractivity contribution in [1.82, 2.24) is 15.2 Å². The number of rotatable bonds is 7. The number of pyridine rings is 1. The van der Waals surface area contributed by atoms with Gasteiger partial charge in [-0.3, -0.25) is 9.59 Å². The van der Waals surface area contributed by atoms with Gasteiger partial charge in [-0.1, -0.05) is 12.1 Å². The van der Waals surface area contributed by atoms with Gasteiger partial charge in [-0.05, 0) is 48.4 Å². The topological polar surface area (TPSA) is 110 Å². The smallest absolute Gasteiger partial charge is 0.416 e. The Hall–Kier alpha value is -4.48. The number of hydrogen-bond acceptors (Lipinski definition) is 6. The van der Waals surface area contributed by atoms with Crippen molar-refractivity contribution in [2.24, 2.45) is 0 Å². The normalized spacial score (nSPS) is 11.4. The van der Waals surface area contributed by atoms with Gasteiger partial charge in [0.2, 0.25) is 17.7 Å². The van der Waals surface area contributed by atoms with Crippen LogP contribution in [0.1, 0.15) is 23.9 Å². The lowest BCUT2D eigenvalue weighted by Gasteiger charge is -2.12. The third kappa shape index (κ3) is 6.02. The molecule has 2 aromatic carbocycles.